The molecule has 5 nitrogen and oxygen atoms in total. The molecule has 3 N–H and O–H groups in total. The lowest BCUT2D eigenvalue weighted by molar-refractivity contribution is -0.124. The molecule has 0 radical (unpaired) electrons. The average molecular weight is 298 g/mol. The summed E-state index contributed by atoms with van der Waals surface area (Å²) in [4.78, 5) is 16.7. The molecule has 0 aliphatic heterocycles. The highest BCUT2D eigenvalue weighted by molar-refractivity contribution is 5.79. The Hall–Kier alpha value is -2.21. The summed E-state index contributed by atoms with van der Waals surface area (Å²) in [6.45, 7) is 0.0842. The van der Waals surface area contributed by atoms with E-state index in [4.69, 9.17) is 9.94 Å². The lowest BCUT2D eigenvalue weighted by Gasteiger charge is -2.14. The van der Waals surface area contributed by atoms with E-state index < -0.39 is 0 Å². The normalized spacial score (nSPS) is 12.8. The molecular weight excluding hydrogens is 280 g/mol. The van der Waals surface area contributed by atoms with Crippen molar-refractivity contribution >= 4 is 5.91 Å². The van der Waals surface area contributed by atoms with Gasteiger partial charge in [-0.1, -0.05) is 48.5 Å². The first-order valence-corrected chi connectivity index (χ1v) is 7.21. The summed E-state index contributed by atoms with van der Waals surface area (Å²) in [7, 11) is 0. The molecule has 0 saturated carbocycles. The molecule has 3 rings (SSSR count). The van der Waals surface area contributed by atoms with Crippen molar-refractivity contribution in [2.45, 2.75) is 5.92 Å². The van der Waals surface area contributed by atoms with Gasteiger partial charge in [0.25, 0.3) is 0 Å². The summed E-state index contributed by atoms with van der Waals surface area (Å²) in [5, 5.41) is 10.9. The Kier molecular flexibility index (Phi) is 4.48. The maximum absolute atomic E-state index is 11.2. The van der Waals surface area contributed by atoms with Gasteiger partial charge in [0, 0.05) is 5.92 Å². The topological polar surface area (TPSA) is 70.6 Å². The van der Waals surface area contributed by atoms with E-state index >= 15 is 0 Å². The van der Waals surface area contributed by atoms with Crippen LogP contribution in [0.3, 0.4) is 0 Å². The van der Waals surface area contributed by atoms with Gasteiger partial charge in [-0.2, -0.15) is 5.48 Å². The minimum absolute atomic E-state index is 0.0105. The Bertz CT molecular complexity index is 627. The molecule has 5 heteroatoms. The highest BCUT2D eigenvalue weighted by Crippen LogP contribution is 2.44. The Morgan fingerprint density at radius 2 is 1.64 bits per heavy atom. The van der Waals surface area contributed by atoms with Crippen LogP contribution in [0.4, 0.5) is 0 Å². The molecule has 0 unspecified atom stereocenters. The fourth-order valence-electron chi connectivity index (χ4n) is 2.85. The third-order valence-corrected chi connectivity index (χ3v) is 3.82. The monoisotopic (exact) mass is 298 g/mol. The zero-order chi connectivity index (χ0) is 15.4. The number of fused-ring (bicyclic) bond motifs is 3. The number of aliphatic hydroxyl groups is 1. The van der Waals surface area contributed by atoms with E-state index in [1.807, 2.05) is 24.3 Å². The van der Waals surface area contributed by atoms with Crippen LogP contribution in [0.25, 0.3) is 11.1 Å². The maximum Gasteiger partial charge on any atom is 0.238 e. The molecule has 0 heterocycles. The predicted octanol–water partition coefficient (Wildman–Crippen LogP) is 1.39. The van der Waals surface area contributed by atoms with Gasteiger partial charge in [-0.25, -0.2) is 0 Å². The molecule has 1 aliphatic rings. The van der Waals surface area contributed by atoms with E-state index in [1.54, 1.807) is 0 Å². The van der Waals surface area contributed by atoms with E-state index in [0.717, 1.165) is 0 Å². The minimum atomic E-state index is -0.371. The Balaban J connectivity index is 1.68. The average Bonchev–Trinajstić information content (AvgIpc) is 2.86. The number of hydrogen-bond acceptors (Lipinski definition) is 4. The van der Waals surface area contributed by atoms with Crippen LogP contribution in [-0.2, 0) is 9.63 Å². The molecule has 1 aliphatic carbocycles. The second kappa shape index (κ2) is 6.70. The zero-order valence-corrected chi connectivity index (χ0v) is 12.1. The van der Waals surface area contributed by atoms with Crippen LogP contribution in [0.5, 0.6) is 0 Å². The van der Waals surface area contributed by atoms with Crippen LogP contribution in [0.1, 0.15) is 17.0 Å². The largest absolute Gasteiger partial charge is 0.377 e. The quantitative estimate of drug-likeness (QED) is 0.428. The van der Waals surface area contributed by atoms with Gasteiger partial charge in [0.15, 0.2) is 0 Å². The fourth-order valence-corrected chi connectivity index (χ4v) is 2.85. The third-order valence-electron chi connectivity index (χ3n) is 3.82. The number of carbonyl (C=O) groups is 1. The number of rotatable bonds is 6. The summed E-state index contributed by atoms with van der Waals surface area (Å²) in [6.07, 6.45) is 0. The van der Waals surface area contributed by atoms with Crippen LogP contribution in [0, 0.1) is 0 Å². The molecule has 22 heavy (non-hydrogen) atoms. The van der Waals surface area contributed by atoms with Crippen molar-refractivity contribution in [1.29, 1.82) is 0 Å². The van der Waals surface area contributed by atoms with Crippen LogP contribution in [0.15, 0.2) is 48.5 Å². The van der Waals surface area contributed by atoms with Crippen LogP contribution >= 0.6 is 0 Å². The van der Waals surface area contributed by atoms with Gasteiger partial charge >= 0.3 is 0 Å². The molecule has 0 fully saturated rings. The summed E-state index contributed by atoms with van der Waals surface area (Å²) in [5.41, 5.74) is 7.60. The first-order valence-electron chi connectivity index (χ1n) is 7.21. The van der Waals surface area contributed by atoms with Crippen LogP contribution in [0.2, 0.25) is 0 Å². The summed E-state index contributed by atoms with van der Waals surface area (Å²) in [6, 6.07) is 16.6. The van der Waals surface area contributed by atoms with E-state index in [2.05, 4.69) is 35.1 Å². The van der Waals surface area contributed by atoms with E-state index in [0.29, 0.717) is 6.61 Å². The maximum atomic E-state index is 11.2. The Morgan fingerprint density at radius 1 is 1.05 bits per heavy atom. The van der Waals surface area contributed by atoms with Gasteiger partial charge < -0.3 is 15.3 Å². The summed E-state index contributed by atoms with van der Waals surface area (Å²) < 4.78 is 0. The molecule has 0 spiro atoms. The van der Waals surface area contributed by atoms with Gasteiger partial charge in [-0.3, -0.25) is 4.79 Å². The predicted molar refractivity (Wildman–Crippen MR) is 82.9 cm³/mol. The molecule has 0 bridgehead atoms. The van der Waals surface area contributed by atoms with Gasteiger partial charge in [-0.15, -0.1) is 0 Å². The second-order valence-corrected chi connectivity index (χ2v) is 5.12. The minimum Gasteiger partial charge on any atom is -0.377 e. The first kappa shape index (κ1) is 14.7. The highest BCUT2D eigenvalue weighted by Gasteiger charge is 2.28. The van der Waals surface area contributed by atoms with Crippen molar-refractivity contribution in [2.75, 3.05) is 19.9 Å². The molecule has 0 saturated heterocycles. The van der Waals surface area contributed by atoms with Crippen molar-refractivity contribution < 1.29 is 14.7 Å². The number of nitrogens with one attached hydrogen (secondary N) is 2. The molecule has 2 aromatic carbocycles. The number of carbonyl (C=O) groups excluding carboxylic acids is 1. The van der Waals surface area contributed by atoms with Gasteiger partial charge in [0.2, 0.25) is 5.91 Å². The number of amides is 1. The molecule has 0 atom stereocenters. The number of hydroxylamine groups is 1. The van der Waals surface area contributed by atoms with E-state index in [-0.39, 0.29) is 25.1 Å². The van der Waals surface area contributed by atoms with E-state index in [9.17, 15) is 4.79 Å². The van der Waals surface area contributed by atoms with Gasteiger partial charge in [-0.05, 0) is 22.3 Å². The van der Waals surface area contributed by atoms with Gasteiger partial charge in [0.05, 0.1) is 6.61 Å². The highest BCUT2D eigenvalue weighted by atomic mass is 16.6. The summed E-state index contributed by atoms with van der Waals surface area (Å²) >= 11 is 0. The molecule has 0 aromatic heterocycles. The smallest absolute Gasteiger partial charge is 0.238 e. The first-order chi connectivity index (χ1) is 10.8. The molecule has 1 amide bonds. The van der Waals surface area contributed by atoms with Crippen molar-refractivity contribution in [3.63, 3.8) is 0 Å². The molecular formula is C17H18N2O3. The second-order valence-electron chi connectivity index (χ2n) is 5.12. The number of aliphatic hydroxyl groups excluding tert-OH is 1. The Labute approximate surface area is 128 Å². The van der Waals surface area contributed by atoms with Crippen molar-refractivity contribution in [3.8, 4) is 11.1 Å². The van der Waals surface area contributed by atoms with Crippen LogP contribution in [-0.4, -0.2) is 30.9 Å². The standard InChI is InChI=1S/C17H18N2O3/c20-11-18-17(21)9-19-22-10-16-14-7-3-1-5-12(14)13-6-2-4-8-15(13)16/h1-8,16,19-20H,9-11H2,(H,18,21). The zero-order valence-electron chi connectivity index (χ0n) is 12.1. The van der Waals surface area contributed by atoms with Crippen molar-refractivity contribution in [2.24, 2.45) is 0 Å². The Morgan fingerprint density at radius 3 is 2.23 bits per heavy atom. The van der Waals surface area contributed by atoms with Crippen molar-refractivity contribution in [3.05, 3.63) is 59.7 Å². The summed E-state index contributed by atoms with van der Waals surface area (Å²) in [5.74, 6) is -0.157. The SMILES string of the molecule is O=C(CNOCC1c2ccccc2-c2ccccc21)NCO. The third kappa shape index (κ3) is 2.87. The van der Waals surface area contributed by atoms with Gasteiger partial charge in [0.1, 0.15) is 13.3 Å². The fraction of sp³-hybridized carbons (Fsp3) is 0.235. The van der Waals surface area contributed by atoms with Crippen molar-refractivity contribution in [1.82, 2.24) is 10.8 Å². The van der Waals surface area contributed by atoms with Crippen LogP contribution < -0.4 is 10.8 Å². The number of hydrogen-bond donors (Lipinski definition) is 3. The lowest BCUT2D eigenvalue weighted by Crippen LogP contribution is -2.34. The lowest BCUT2D eigenvalue weighted by atomic mass is 9.98. The molecule has 114 valence electrons. The molecule has 2 aromatic rings. The number of benzene rings is 2. The van der Waals surface area contributed by atoms with E-state index in [1.165, 1.54) is 22.3 Å².